The van der Waals surface area contributed by atoms with Crippen molar-refractivity contribution in [2.75, 3.05) is 42.1 Å². The number of carbonyl (C=O) groups excluding carboxylic acids is 2. The van der Waals surface area contributed by atoms with Crippen molar-refractivity contribution in [2.45, 2.75) is 80.7 Å². The number of carboxylic acids is 1. The number of phenolic OH excluding ortho intramolecular Hbond substituents is 1. The topological polar surface area (TPSA) is 179 Å². The number of fused-ring (bicyclic) bond motifs is 1. The molecule has 12 nitrogen and oxygen atoms in total. The van der Waals surface area contributed by atoms with E-state index < -0.39 is 62.5 Å². The van der Waals surface area contributed by atoms with Gasteiger partial charge < -0.3 is 30.5 Å². The molecule has 1 heterocycles. The van der Waals surface area contributed by atoms with E-state index in [1.54, 1.807) is 6.07 Å². The summed E-state index contributed by atoms with van der Waals surface area (Å²) in [5.74, 6) is -2.77. The first-order valence-electron chi connectivity index (χ1n) is 18.0. The molecular formula is C39H51N3O9S3. The van der Waals surface area contributed by atoms with Gasteiger partial charge in [-0.2, -0.15) is 0 Å². The maximum Gasteiger partial charge on any atom is 0.326 e. The molecule has 0 spiro atoms. The van der Waals surface area contributed by atoms with Crippen LogP contribution in [0.2, 0.25) is 0 Å². The van der Waals surface area contributed by atoms with Crippen molar-refractivity contribution in [1.29, 1.82) is 0 Å². The van der Waals surface area contributed by atoms with Gasteiger partial charge in [0.05, 0.1) is 21.2 Å². The fourth-order valence-corrected chi connectivity index (χ4v) is 9.92. The average molecular weight is 802 g/mol. The fourth-order valence-electron chi connectivity index (χ4n) is 6.69. The summed E-state index contributed by atoms with van der Waals surface area (Å²) in [6, 6.07) is 15.8. The number of para-hydroxylation sites is 1. The van der Waals surface area contributed by atoms with E-state index in [9.17, 15) is 37.2 Å². The Morgan fingerprint density at radius 1 is 1.00 bits per heavy atom. The highest BCUT2D eigenvalue weighted by molar-refractivity contribution is 7.98. The first-order chi connectivity index (χ1) is 25.7. The SMILES string of the molecule is CCCCC1(CCCC)CN(c2ccccc2)c2cc(SC)c(OCC(=O)N[C@@H](C(=O)NC(CC[S@](C)=O)C(=O)O)c3ccc(O)cc3)cc2S(=O)(=O)C1. The number of aromatic hydroxyl groups is 1. The summed E-state index contributed by atoms with van der Waals surface area (Å²) in [4.78, 5) is 41.6. The molecule has 15 heteroatoms. The summed E-state index contributed by atoms with van der Waals surface area (Å²) in [6.45, 7) is 4.15. The molecule has 0 radical (unpaired) electrons. The van der Waals surface area contributed by atoms with E-state index in [-0.39, 0.29) is 39.9 Å². The molecule has 1 aliphatic heterocycles. The molecule has 0 saturated heterocycles. The molecule has 2 amide bonds. The Hall–Kier alpha value is -4.08. The Morgan fingerprint density at radius 2 is 1.65 bits per heavy atom. The smallest absolute Gasteiger partial charge is 0.326 e. The van der Waals surface area contributed by atoms with Gasteiger partial charge in [0.2, 0.25) is 5.91 Å². The lowest BCUT2D eigenvalue weighted by Gasteiger charge is -2.37. The van der Waals surface area contributed by atoms with Crippen LogP contribution < -0.4 is 20.3 Å². The zero-order chi connectivity index (χ0) is 39.5. The number of rotatable bonds is 19. The molecule has 4 rings (SSSR count). The molecule has 0 saturated carbocycles. The molecular weight excluding hydrogens is 751 g/mol. The molecule has 3 atom stereocenters. The summed E-state index contributed by atoms with van der Waals surface area (Å²) < 4.78 is 46.5. The van der Waals surface area contributed by atoms with Crippen molar-refractivity contribution in [3.8, 4) is 11.5 Å². The van der Waals surface area contributed by atoms with E-state index in [1.807, 2.05) is 36.6 Å². The Kier molecular flexibility index (Phi) is 15.4. The number of ether oxygens (including phenoxy) is 1. The molecule has 0 fully saturated rings. The number of benzene rings is 3. The summed E-state index contributed by atoms with van der Waals surface area (Å²) in [6.07, 6.45) is 8.38. The molecule has 1 unspecified atom stereocenters. The third-order valence-corrected chi connectivity index (χ3v) is 13.1. The highest BCUT2D eigenvalue weighted by Crippen LogP contribution is 2.47. The molecule has 1 aliphatic rings. The number of amides is 2. The van der Waals surface area contributed by atoms with E-state index in [2.05, 4.69) is 29.4 Å². The summed E-state index contributed by atoms with van der Waals surface area (Å²) in [7, 11) is -5.14. The number of nitrogens with zero attached hydrogens (tertiary/aromatic N) is 1. The number of thioether (sulfide) groups is 1. The standard InChI is InChI=1S/C39H51N3O9S3/c1-5-7-19-39(20-8-6-2)25-42(28-12-10-9-11-13-28)31-22-33(52-3)32(23-34(31)54(49,50)26-39)51-24-35(44)41-36(27-14-16-29(43)17-15-27)37(45)40-30(38(46)47)18-21-53(4)48/h9-17,22-23,30,36,43H,5-8,18-21,24-26H2,1-4H3,(H,40,45)(H,41,44)(H,46,47)/t30?,36-,53+/m1/s1. The second kappa shape index (κ2) is 19.5. The monoisotopic (exact) mass is 801 g/mol. The maximum absolute atomic E-state index is 14.4. The predicted molar refractivity (Wildman–Crippen MR) is 213 cm³/mol. The predicted octanol–water partition coefficient (Wildman–Crippen LogP) is 5.98. The van der Waals surface area contributed by atoms with Crippen molar-refractivity contribution in [3.05, 3.63) is 72.3 Å². The number of hydrogen-bond acceptors (Lipinski definition) is 10. The van der Waals surface area contributed by atoms with Crippen LogP contribution in [0.5, 0.6) is 11.5 Å². The van der Waals surface area contributed by atoms with Crippen molar-refractivity contribution >= 4 is 61.6 Å². The molecule has 54 heavy (non-hydrogen) atoms. The Labute approximate surface area is 324 Å². The zero-order valence-electron chi connectivity index (χ0n) is 31.2. The lowest BCUT2D eigenvalue weighted by atomic mass is 9.79. The molecule has 294 valence electrons. The summed E-state index contributed by atoms with van der Waals surface area (Å²) in [5.41, 5.74) is 1.19. The van der Waals surface area contributed by atoms with E-state index >= 15 is 0 Å². The fraction of sp³-hybridized carbons (Fsp3) is 0.462. The zero-order valence-corrected chi connectivity index (χ0v) is 33.7. The summed E-state index contributed by atoms with van der Waals surface area (Å²) >= 11 is 1.34. The highest BCUT2D eigenvalue weighted by atomic mass is 32.2. The number of carboxylic acid groups (broad SMARTS) is 1. The number of nitrogens with one attached hydrogen (secondary N) is 2. The van der Waals surface area contributed by atoms with E-state index in [0.29, 0.717) is 17.1 Å². The van der Waals surface area contributed by atoms with Crippen LogP contribution >= 0.6 is 11.8 Å². The Bertz CT molecular complexity index is 1880. The lowest BCUT2D eigenvalue weighted by Crippen LogP contribution is -2.48. The third kappa shape index (κ3) is 11.2. The van der Waals surface area contributed by atoms with Crippen LogP contribution in [-0.2, 0) is 35.0 Å². The highest BCUT2D eigenvalue weighted by Gasteiger charge is 2.42. The van der Waals surface area contributed by atoms with Gasteiger partial charge in [-0.25, -0.2) is 13.2 Å². The van der Waals surface area contributed by atoms with E-state index in [1.165, 1.54) is 48.3 Å². The molecule has 4 N–H and O–H groups in total. The molecule has 3 aromatic carbocycles. The Morgan fingerprint density at radius 3 is 2.22 bits per heavy atom. The van der Waals surface area contributed by atoms with Gasteiger partial charge in [0, 0.05) is 46.5 Å². The second-order valence-corrected chi connectivity index (χ2v) is 18.1. The number of anilines is 2. The van der Waals surface area contributed by atoms with Crippen molar-refractivity contribution in [3.63, 3.8) is 0 Å². The van der Waals surface area contributed by atoms with Gasteiger partial charge in [-0.3, -0.25) is 13.8 Å². The number of aliphatic carboxylic acids is 1. The normalized spacial score (nSPS) is 16.3. The lowest BCUT2D eigenvalue weighted by molar-refractivity contribution is -0.142. The largest absolute Gasteiger partial charge is 0.508 e. The van der Waals surface area contributed by atoms with Gasteiger partial charge in [-0.05, 0) is 61.4 Å². The molecule has 0 bridgehead atoms. The minimum Gasteiger partial charge on any atom is -0.508 e. The second-order valence-electron chi connectivity index (χ2n) is 13.7. The van der Waals surface area contributed by atoms with Crippen LogP contribution in [0.15, 0.2) is 76.5 Å². The number of carbonyl (C=O) groups is 3. The Balaban J connectivity index is 1.67. The van der Waals surface area contributed by atoms with Gasteiger partial charge in [0.25, 0.3) is 5.91 Å². The van der Waals surface area contributed by atoms with Crippen LogP contribution in [0.1, 0.15) is 70.4 Å². The molecule has 0 aromatic heterocycles. The minimum atomic E-state index is -3.84. The van der Waals surface area contributed by atoms with Crippen LogP contribution in [-0.4, -0.2) is 83.8 Å². The van der Waals surface area contributed by atoms with Gasteiger partial charge >= 0.3 is 5.97 Å². The van der Waals surface area contributed by atoms with Gasteiger partial charge in [-0.15, -0.1) is 11.8 Å². The van der Waals surface area contributed by atoms with Gasteiger partial charge in [-0.1, -0.05) is 69.9 Å². The quantitative estimate of drug-likeness (QED) is 0.105. The maximum atomic E-state index is 14.4. The van der Waals surface area contributed by atoms with Gasteiger partial charge in [0.15, 0.2) is 16.4 Å². The molecule has 0 aliphatic carbocycles. The third-order valence-electron chi connectivity index (χ3n) is 9.51. The number of hydrogen-bond donors (Lipinski definition) is 4. The average Bonchev–Trinajstić information content (AvgIpc) is 3.24. The minimum absolute atomic E-state index is 0.0240. The van der Waals surface area contributed by atoms with Crippen molar-refractivity contribution in [1.82, 2.24) is 10.6 Å². The van der Waals surface area contributed by atoms with Crippen LogP contribution in [0.4, 0.5) is 11.4 Å². The number of unbranched alkanes of at least 4 members (excludes halogenated alkanes) is 2. The number of sulfone groups is 1. The van der Waals surface area contributed by atoms with E-state index in [0.717, 1.165) is 44.2 Å². The summed E-state index contributed by atoms with van der Waals surface area (Å²) in [5, 5.41) is 24.5. The van der Waals surface area contributed by atoms with E-state index in [4.69, 9.17) is 4.74 Å². The van der Waals surface area contributed by atoms with Gasteiger partial charge in [0.1, 0.15) is 23.6 Å². The van der Waals surface area contributed by atoms with Crippen LogP contribution in [0.3, 0.4) is 0 Å². The van der Waals surface area contributed by atoms with Crippen LogP contribution in [0.25, 0.3) is 0 Å². The van der Waals surface area contributed by atoms with Crippen LogP contribution in [0, 0.1) is 5.41 Å². The van der Waals surface area contributed by atoms with Crippen molar-refractivity contribution in [2.24, 2.45) is 5.41 Å². The first kappa shape index (κ1) is 42.7. The van der Waals surface area contributed by atoms with Crippen molar-refractivity contribution < 1.29 is 42.0 Å². The molecule has 3 aromatic rings. The first-order valence-corrected chi connectivity index (χ1v) is 22.6. The number of phenols is 1.